The molecule has 1 amide bonds. The molecular weight excluding hydrogens is 128 g/mol. The quantitative estimate of drug-likeness (QED) is 0.514. The van der Waals surface area contributed by atoms with E-state index in [1.54, 1.807) is 0 Å². The van der Waals surface area contributed by atoms with Gasteiger partial charge in [0.25, 0.3) is 0 Å². The van der Waals surface area contributed by atoms with Crippen LogP contribution >= 0.6 is 0 Å². The van der Waals surface area contributed by atoms with E-state index in [2.05, 4.69) is 12.2 Å². The zero-order valence-electron chi connectivity index (χ0n) is 6.05. The summed E-state index contributed by atoms with van der Waals surface area (Å²) in [4.78, 5) is 10.8. The maximum Gasteiger partial charge on any atom is 0.235 e. The summed E-state index contributed by atoms with van der Waals surface area (Å²) in [5, 5.41) is 3.12. The molecule has 0 aromatic carbocycles. The second-order valence-electron chi connectivity index (χ2n) is 3.65. The topological polar surface area (TPSA) is 55.1 Å². The number of rotatable bonds is 1. The molecule has 3 heteroatoms. The molecule has 0 spiro atoms. The average molecular weight is 140 g/mol. The van der Waals surface area contributed by atoms with Crippen LogP contribution < -0.4 is 11.1 Å². The van der Waals surface area contributed by atoms with Gasteiger partial charge < -0.3 is 11.1 Å². The van der Waals surface area contributed by atoms with Gasteiger partial charge in [0, 0.05) is 0 Å². The van der Waals surface area contributed by atoms with Crippen LogP contribution in [0.25, 0.3) is 0 Å². The highest BCUT2D eigenvalue weighted by Gasteiger charge is 2.61. The van der Waals surface area contributed by atoms with Gasteiger partial charge in [0.15, 0.2) is 0 Å². The number of carbonyl (C=O) groups excluding carboxylic acids is 1. The molecule has 1 heterocycles. The average Bonchev–Trinajstić information content (AvgIpc) is 2.35. The molecule has 2 rings (SSSR count). The molecule has 0 aromatic rings. The summed E-state index contributed by atoms with van der Waals surface area (Å²) in [6.07, 6.45) is 1.17. The van der Waals surface area contributed by atoms with Gasteiger partial charge in [-0.15, -0.1) is 0 Å². The minimum Gasteiger partial charge on any atom is -0.368 e. The van der Waals surface area contributed by atoms with Gasteiger partial charge in [-0.05, 0) is 24.3 Å². The number of piperidine rings is 1. The minimum atomic E-state index is -0.192. The van der Waals surface area contributed by atoms with Gasteiger partial charge in [-0.1, -0.05) is 6.92 Å². The molecular formula is C7H12N2O. The van der Waals surface area contributed by atoms with Crippen LogP contribution in [0, 0.1) is 11.3 Å². The monoisotopic (exact) mass is 140 g/mol. The van der Waals surface area contributed by atoms with Gasteiger partial charge in [-0.25, -0.2) is 0 Å². The van der Waals surface area contributed by atoms with Gasteiger partial charge >= 0.3 is 0 Å². The molecule has 0 aromatic heterocycles. The van der Waals surface area contributed by atoms with Crippen molar-refractivity contribution >= 4 is 5.91 Å². The number of hydrogen-bond acceptors (Lipinski definition) is 2. The zero-order valence-corrected chi connectivity index (χ0v) is 6.05. The summed E-state index contributed by atoms with van der Waals surface area (Å²) in [5.41, 5.74) is 5.41. The van der Waals surface area contributed by atoms with E-state index < -0.39 is 0 Å². The summed E-state index contributed by atoms with van der Waals surface area (Å²) >= 11 is 0. The first kappa shape index (κ1) is 6.16. The van der Waals surface area contributed by atoms with Crippen molar-refractivity contribution < 1.29 is 4.79 Å². The van der Waals surface area contributed by atoms with Crippen molar-refractivity contribution in [3.05, 3.63) is 0 Å². The van der Waals surface area contributed by atoms with E-state index in [-0.39, 0.29) is 17.4 Å². The molecule has 2 fully saturated rings. The molecule has 10 heavy (non-hydrogen) atoms. The second kappa shape index (κ2) is 1.53. The smallest absolute Gasteiger partial charge is 0.235 e. The lowest BCUT2D eigenvalue weighted by molar-refractivity contribution is -0.120. The summed E-state index contributed by atoms with van der Waals surface area (Å²) in [6.45, 7) is 3.11. The molecule has 1 aliphatic carbocycles. The van der Waals surface area contributed by atoms with E-state index in [1.807, 2.05) is 0 Å². The molecule has 3 unspecified atom stereocenters. The molecule has 0 bridgehead atoms. The predicted molar refractivity (Wildman–Crippen MR) is 37.2 cm³/mol. The van der Waals surface area contributed by atoms with E-state index in [9.17, 15) is 4.79 Å². The Labute approximate surface area is 60.0 Å². The minimum absolute atomic E-state index is 0.0579. The van der Waals surface area contributed by atoms with Crippen molar-refractivity contribution in [2.45, 2.75) is 19.4 Å². The first-order chi connectivity index (χ1) is 4.64. The molecule has 0 radical (unpaired) electrons. The van der Waals surface area contributed by atoms with Gasteiger partial charge in [0.1, 0.15) is 0 Å². The van der Waals surface area contributed by atoms with E-state index in [4.69, 9.17) is 5.73 Å². The fourth-order valence-electron chi connectivity index (χ4n) is 2.05. The third kappa shape index (κ3) is 0.560. The van der Waals surface area contributed by atoms with Crippen LogP contribution in [0.2, 0.25) is 0 Å². The molecule has 2 aliphatic rings. The highest BCUT2D eigenvalue weighted by molar-refractivity contribution is 5.82. The van der Waals surface area contributed by atoms with Crippen LogP contribution in [0.15, 0.2) is 0 Å². The Morgan fingerprint density at radius 3 is 2.70 bits per heavy atom. The van der Waals surface area contributed by atoms with Crippen molar-refractivity contribution in [3.8, 4) is 0 Å². The highest BCUT2D eigenvalue weighted by atomic mass is 16.1. The lowest BCUT2D eigenvalue weighted by Crippen LogP contribution is -2.42. The number of fused-ring (bicyclic) bond motifs is 1. The van der Waals surface area contributed by atoms with Crippen LogP contribution in [0.1, 0.15) is 13.3 Å². The molecule has 1 saturated carbocycles. The molecule has 3 N–H and O–H groups in total. The highest BCUT2D eigenvalue weighted by Crippen LogP contribution is 2.57. The van der Waals surface area contributed by atoms with Gasteiger partial charge in [-0.2, -0.15) is 0 Å². The Hall–Kier alpha value is -0.570. The maximum absolute atomic E-state index is 10.8. The number of primary amides is 1. The largest absolute Gasteiger partial charge is 0.368 e. The van der Waals surface area contributed by atoms with Crippen LogP contribution in [-0.2, 0) is 4.79 Å². The number of amides is 1. The molecule has 3 atom stereocenters. The van der Waals surface area contributed by atoms with Crippen molar-refractivity contribution in [2.24, 2.45) is 17.1 Å². The van der Waals surface area contributed by atoms with Crippen molar-refractivity contribution in [1.29, 1.82) is 0 Å². The van der Waals surface area contributed by atoms with Crippen LogP contribution in [0.3, 0.4) is 0 Å². The summed E-state index contributed by atoms with van der Waals surface area (Å²) < 4.78 is 0. The predicted octanol–water partition coefficient (Wildman–Crippen LogP) is -0.530. The fourth-order valence-corrected chi connectivity index (χ4v) is 2.05. The SMILES string of the molecule is CC12CC1CNC2C(N)=O. The normalized spacial score (nSPS) is 50.5. The van der Waals surface area contributed by atoms with Crippen molar-refractivity contribution in [3.63, 3.8) is 0 Å². The van der Waals surface area contributed by atoms with Gasteiger partial charge in [0.05, 0.1) is 6.04 Å². The first-order valence-corrected chi connectivity index (χ1v) is 3.67. The lowest BCUT2D eigenvalue weighted by atomic mass is 9.99. The van der Waals surface area contributed by atoms with Crippen LogP contribution in [-0.4, -0.2) is 18.5 Å². The maximum atomic E-state index is 10.8. The van der Waals surface area contributed by atoms with E-state index >= 15 is 0 Å². The Kier molecular flexibility index (Phi) is 0.944. The Balaban J connectivity index is 2.17. The van der Waals surface area contributed by atoms with E-state index in [1.165, 1.54) is 6.42 Å². The molecule has 1 aliphatic heterocycles. The third-order valence-electron chi connectivity index (χ3n) is 2.97. The summed E-state index contributed by atoms with van der Waals surface area (Å²) in [6, 6.07) is -0.0579. The fraction of sp³-hybridized carbons (Fsp3) is 0.857. The van der Waals surface area contributed by atoms with Gasteiger partial charge in [-0.3, -0.25) is 4.79 Å². The van der Waals surface area contributed by atoms with Gasteiger partial charge in [0.2, 0.25) is 5.91 Å². The van der Waals surface area contributed by atoms with E-state index in [0.717, 1.165) is 6.54 Å². The molecule has 56 valence electrons. The number of nitrogens with one attached hydrogen (secondary N) is 1. The number of nitrogens with two attached hydrogens (primary N) is 1. The standard InChI is InChI=1S/C7H12N2O/c1-7-2-4(7)3-9-5(7)6(8)10/h4-5,9H,2-3H2,1H3,(H2,8,10). The van der Waals surface area contributed by atoms with Crippen molar-refractivity contribution in [2.75, 3.05) is 6.54 Å². The first-order valence-electron chi connectivity index (χ1n) is 3.67. The summed E-state index contributed by atoms with van der Waals surface area (Å²) in [7, 11) is 0. The van der Waals surface area contributed by atoms with E-state index in [0.29, 0.717) is 5.92 Å². The number of hydrogen-bond donors (Lipinski definition) is 2. The molecule has 3 nitrogen and oxygen atoms in total. The Bertz CT molecular complexity index is 190. The Morgan fingerprint density at radius 2 is 2.50 bits per heavy atom. The van der Waals surface area contributed by atoms with Crippen molar-refractivity contribution in [1.82, 2.24) is 5.32 Å². The zero-order chi connectivity index (χ0) is 7.35. The lowest BCUT2D eigenvalue weighted by Gasteiger charge is -2.14. The third-order valence-corrected chi connectivity index (χ3v) is 2.97. The molecule has 1 saturated heterocycles. The number of carbonyl (C=O) groups is 1. The summed E-state index contributed by atoms with van der Waals surface area (Å²) in [5.74, 6) is 0.521. The second-order valence-corrected chi connectivity index (χ2v) is 3.65. The van der Waals surface area contributed by atoms with Crippen LogP contribution in [0.4, 0.5) is 0 Å². The van der Waals surface area contributed by atoms with Crippen LogP contribution in [0.5, 0.6) is 0 Å². The Morgan fingerprint density at radius 1 is 1.80 bits per heavy atom.